The zero-order chi connectivity index (χ0) is 11.1. The van der Waals surface area contributed by atoms with Crippen LogP contribution >= 0.6 is 0 Å². The van der Waals surface area contributed by atoms with Gasteiger partial charge in [-0.05, 0) is 50.6 Å². The minimum atomic E-state index is 0.851. The van der Waals surface area contributed by atoms with Crippen LogP contribution < -0.4 is 11.1 Å². The number of hydrogen-bond acceptors (Lipinski definition) is 2. The smallest absolute Gasteiger partial charge is 0.00990 e. The zero-order valence-corrected chi connectivity index (χ0v) is 10.5. The van der Waals surface area contributed by atoms with E-state index in [0.717, 1.165) is 24.4 Å². The first-order valence-electron chi connectivity index (χ1n) is 6.75. The van der Waals surface area contributed by atoms with Crippen molar-refractivity contribution in [2.24, 2.45) is 17.6 Å². The van der Waals surface area contributed by atoms with Crippen LogP contribution in [0.4, 0.5) is 0 Å². The predicted molar refractivity (Wildman–Crippen MR) is 66.9 cm³/mol. The van der Waals surface area contributed by atoms with Crippen molar-refractivity contribution in [1.82, 2.24) is 5.32 Å². The Kier molecular flexibility index (Phi) is 6.26. The van der Waals surface area contributed by atoms with Crippen LogP contribution in [0.5, 0.6) is 0 Å². The molecule has 0 radical (unpaired) electrons. The van der Waals surface area contributed by atoms with Gasteiger partial charge in [0.15, 0.2) is 0 Å². The fourth-order valence-electron chi connectivity index (χ4n) is 2.42. The highest BCUT2D eigenvalue weighted by Gasteiger charge is 2.34. The van der Waals surface area contributed by atoms with Gasteiger partial charge in [-0.25, -0.2) is 0 Å². The van der Waals surface area contributed by atoms with Crippen molar-refractivity contribution < 1.29 is 0 Å². The zero-order valence-electron chi connectivity index (χ0n) is 10.5. The van der Waals surface area contributed by atoms with Crippen molar-refractivity contribution in [1.29, 1.82) is 0 Å². The van der Waals surface area contributed by atoms with Gasteiger partial charge in [-0.1, -0.05) is 26.7 Å². The van der Waals surface area contributed by atoms with Gasteiger partial charge in [0, 0.05) is 6.04 Å². The normalized spacial score (nSPS) is 26.6. The van der Waals surface area contributed by atoms with Crippen LogP contribution in [0, 0.1) is 11.8 Å². The van der Waals surface area contributed by atoms with Gasteiger partial charge >= 0.3 is 0 Å². The molecule has 0 aromatic carbocycles. The maximum Gasteiger partial charge on any atom is 0.00990 e. The minimum absolute atomic E-state index is 0.851. The summed E-state index contributed by atoms with van der Waals surface area (Å²) >= 11 is 0. The SMILES string of the molecule is CCC(CCN)CCCNC1CC1CC. The topological polar surface area (TPSA) is 38.0 Å². The molecule has 1 fully saturated rings. The quantitative estimate of drug-likeness (QED) is 0.576. The van der Waals surface area contributed by atoms with Crippen molar-refractivity contribution in [2.75, 3.05) is 13.1 Å². The van der Waals surface area contributed by atoms with Crippen LogP contribution in [0.1, 0.15) is 52.4 Å². The molecule has 0 aliphatic heterocycles. The Bertz CT molecular complexity index is 159. The first-order valence-corrected chi connectivity index (χ1v) is 6.75. The summed E-state index contributed by atoms with van der Waals surface area (Å²) in [7, 11) is 0. The molecule has 15 heavy (non-hydrogen) atoms. The van der Waals surface area contributed by atoms with Crippen molar-refractivity contribution in [2.45, 2.75) is 58.4 Å². The maximum absolute atomic E-state index is 5.59. The van der Waals surface area contributed by atoms with Gasteiger partial charge in [-0.3, -0.25) is 0 Å². The van der Waals surface area contributed by atoms with Crippen LogP contribution in [0.15, 0.2) is 0 Å². The van der Waals surface area contributed by atoms with E-state index in [0.29, 0.717) is 0 Å². The predicted octanol–water partition coefficient (Wildman–Crippen LogP) is 2.53. The maximum atomic E-state index is 5.59. The van der Waals surface area contributed by atoms with Gasteiger partial charge in [-0.2, -0.15) is 0 Å². The lowest BCUT2D eigenvalue weighted by molar-refractivity contribution is 0.420. The number of rotatable bonds is 9. The van der Waals surface area contributed by atoms with Crippen molar-refractivity contribution >= 4 is 0 Å². The molecule has 90 valence electrons. The van der Waals surface area contributed by atoms with E-state index in [1.807, 2.05) is 0 Å². The molecule has 1 rings (SSSR count). The van der Waals surface area contributed by atoms with E-state index in [1.54, 1.807) is 0 Å². The van der Waals surface area contributed by atoms with Crippen molar-refractivity contribution in [3.05, 3.63) is 0 Å². The third-order valence-electron chi connectivity index (χ3n) is 3.79. The number of hydrogen-bond donors (Lipinski definition) is 2. The molecule has 0 heterocycles. The molecule has 0 spiro atoms. The highest BCUT2D eigenvalue weighted by atomic mass is 15.0. The summed E-state index contributed by atoms with van der Waals surface area (Å²) in [6.07, 6.45) is 7.93. The third-order valence-corrected chi connectivity index (χ3v) is 3.79. The highest BCUT2D eigenvalue weighted by Crippen LogP contribution is 2.32. The molecule has 0 bridgehead atoms. The Morgan fingerprint density at radius 3 is 2.67 bits per heavy atom. The summed E-state index contributed by atoms with van der Waals surface area (Å²) in [6.45, 7) is 6.64. The molecule has 0 amide bonds. The summed E-state index contributed by atoms with van der Waals surface area (Å²) in [5, 5.41) is 3.65. The van der Waals surface area contributed by atoms with Gasteiger partial charge in [0.1, 0.15) is 0 Å². The van der Waals surface area contributed by atoms with Crippen LogP contribution in [0.2, 0.25) is 0 Å². The van der Waals surface area contributed by atoms with Gasteiger partial charge in [0.05, 0.1) is 0 Å². The largest absolute Gasteiger partial charge is 0.330 e. The molecule has 0 saturated heterocycles. The molecule has 3 unspecified atom stereocenters. The van der Waals surface area contributed by atoms with Crippen LogP contribution in [-0.2, 0) is 0 Å². The van der Waals surface area contributed by atoms with Crippen LogP contribution in [-0.4, -0.2) is 19.1 Å². The molecule has 1 aliphatic carbocycles. The van der Waals surface area contributed by atoms with Crippen molar-refractivity contribution in [3.8, 4) is 0 Å². The summed E-state index contributed by atoms with van der Waals surface area (Å²) in [5.41, 5.74) is 5.59. The van der Waals surface area contributed by atoms with Crippen LogP contribution in [0.25, 0.3) is 0 Å². The summed E-state index contributed by atoms with van der Waals surface area (Å²) in [5.74, 6) is 1.84. The molecule has 1 aliphatic rings. The third kappa shape index (κ3) is 4.98. The Hall–Kier alpha value is -0.0800. The molecular weight excluding hydrogens is 184 g/mol. The molecule has 3 N–H and O–H groups in total. The Balaban J connectivity index is 1.91. The van der Waals surface area contributed by atoms with E-state index in [2.05, 4.69) is 19.2 Å². The number of nitrogens with two attached hydrogens (primary N) is 1. The lowest BCUT2D eigenvalue weighted by Gasteiger charge is -2.13. The van der Waals surface area contributed by atoms with E-state index < -0.39 is 0 Å². The molecule has 3 atom stereocenters. The first-order chi connectivity index (χ1) is 7.31. The molecule has 0 aromatic rings. The summed E-state index contributed by atoms with van der Waals surface area (Å²) in [4.78, 5) is 0. The first kappa shape index (κ1) is 13.0. The van der Waals surface area contributed by atoms with E-state index in [1.165, 1.54) is 45.1 Å². The van der Waals surface area contributed by atoms with E-state index in [-0.39, 0.29) is 0 Å². The average molecular weight is 212 g/mol. The molecule has 0 aromatic heterocycles. The highest BCUT2D eigenvalue weighted by molar-refractivity contribution is 4.91. The molecular formula is C13H28N2. The standard InChI is InChI=1S/C13H28N2/c1-3-11(7-8-14)6-5-9-15-13-10-12(13)4-2/h11-13,15H,3-10,14H2,1-2H3. The second-order valence-electron chi connectivity index (χ2n) is 4.96. The Morgan fingerprint density at radius 2 is 2.13 bits per heavy atom. The summed E-state index contributed by atoms with van der Waals surface area (Å²) < 4.78 is 0. The van der Waals surface area contributed by atoms with Gasteiger partial charge in [0.2, 0.25) is 0 Å². The Labute approximate surface area is 95.0 Å². The minimum Gasteiger partial charge on any atom is -0.330 e. The van der Waals surface area contributed by atoms with Crippen molar-refractivity contribution in [3.63, 3.8) is 0 Å². The molecule has 2 nitrogen and oxygen atoms in total. The van der Waals surface area contributed by atoms with Gasteiger partial charge in [-0.15, -0.1) is 0 Å². The molecule has 2 heteroatoms. The van der Waals surface area contributed by atoms with Gasteiger partial charge < -0.3 is 11.1 Å². The fraction of sp³-hybridized carbons (Fsp3) is 1.00. The number of nitrogens with one attached hydrogen (secondary N) is 1. The summed E-state index contributed by atoms with van der Waals surface area (Å²) in [6, 6.07) is 0.851. The van der Waals surface area contributed by atoms with Crippen LogP contribution in [0.3, 0.4) is 0 Å². The monoisotopic (exact) mass is 212 g/mol. The fourth-order valence-corrected chi connectivity index (χ4v) is 2.42. The van der Waals surface area contributed by atoms with Gasteiger partial charge in [0.25, 0.3) is 0 Å². The Morgan fingerprint density at radius 1 is 1.33 bits per heavy atom. The molecule has 1 saturated carbocycles. The average Bonchev–Trinajstić information content (AvgIpc) is 3.01. The van der Waals surface area contributed by atoms with E-state index in [9.17, 15) is 0 Å². The van der Waals surface area contributed by atoms with E-state index in [4.69, 9.17) is 5.73 Å². The second kappa shape index (κ2) is 7.24. The lowest BCUT2D eigenvalue weighted by atomic mass is 9.97. The lowest BCUT2D eigenvalue weighted by Crippen LogP contribution is -2.20. The van der Waals surface area contributed by atoms with E-state index >= 15 is 0 Å². The second-order valence-corrected chi connectivity index (χ2v) is 4.96.